The molecule has 5 nitrogen and oxygen atoms in total. The Morgan fingerprint density at radius 1 is 1.33 bits per heavy atom. The van der Waals surface area contributed by atoms with Gasteiger partial charge in [-0.2, -0.15) is 0 Å². The first-order valence-electron chi connectivity index (χ1n) is 7.05. The van der Waals surface area contributed by atoms with E-state index in [9.17, 15) is 0 Å². The summed E-state index contributed by atoms with van der Waals surface area (Å²) in [4.78, 5) is 0. The van der Waals surface area contributed by atoms with Crippen LogP contribution in [0.4, 0.5) is 6.01 Å². The molecule has 102 valence electrons. The van der Waals surface area contributed by atoms with E-state index in [1.807, 2.05) is 0 Å². The van der Waals surface area contributed by atoms with Gasteiger partial charge < -0.3 is 15.1 Å². The summed E-state index contributed by atoms with van der Waals surface area (Å²) in [7, 11) is 0. The first-order valence-corrected chi connectivity index (χ1v) is 7.05. The van der Waals surface area contributed by atoms with E-state index in [-0.39, 0.29) is 0 Å². The van der Waals surface area contributed by atoms with Gasteiger partial charge in [0.25, 0.3) is 0 Å². The Bertz CT molecular complexity index is 353. The molecule has 0 bridgehead atoms. The van der Waals surface area contributed by atoms with Crippen LogP contribution in [-0.4, -0.2) is 23.3 Å². The minimum absolute atomic E-state index is 0.558. The van der Waals surface area contributed by atoms with E-state index in [2.05, 4.69) is 34.7 Å². The Morgan fingerprint density at radius 3 is 2.94 bits per heavy atom. The van der Waals surface area contributed by atoms with Crippen LogP contribution in [0.1, 0.15) is 45.4 Å². The van der Waals surface area contributed by atoms with E-state index >= 15 is 0 Å². The molecule has 1 saturated carbocycles. The average molecular weight is 252 g/mol. The van der Waals surface area contributed by atoms with Crippen molar-refractivity contribution < 1.29 is 4.42 Å². The van der Waals surface area contributed by atoms with Crippen molar-refractivity contribution in [2.75, 3.05) is 18.4 Å². The summed E-state index contributed by atoms with van der Waals surface area (Å²) < 4.78 is 5.52. The summed E-state index contributed by atoms with van der Waals surface area (Å²) in [6.45, 7) is 7.04. The Kier molecular flexibility index (Phi) is 4.99. The average Bonchev–Trinajstić information content (AvgIpc) is 2.96. The van der Waals surface area contributed by atoms with Gasteiger partial charge in [0.2, 0.25) is 5.89 Å². The van der Waals surface area contributed by atoms with Crippen molar-refractivity contribution in [3.8, 4) is 0 Å². The van der Waals surface area contributed by atoms with E-state index in [0.29, 0.717) is 18.5 Å². The molecule has 1 heterocycles. The smallest absolute Gasteiger partial charge is 0.315 e. The molecule has 1 fully saturated rings. The van der Waals surface area contributed by atoms with Crippen molar-refractivity contribution in [2.45, 2.75) is 46.1 Å². The van der Waals surface area contributed by atoms with Crippen LogP contribution in [0.2, 0.25) is 0 Å². The number of hydrogen-bond acceptors (Lipinski definition) is 5. The normalized spacial score (nSPS) is 23.4. The maximum absolute atomic E-state index is 5.52. The van der Waals surface area contributed by atoms with Gasteiger partial charge in [-0.3, -0.25) is 0 Å². The van der Waals surface area contributed by atoms with Crippen LogP contribution in [0, 0.1) is 11.8 Å². The molecule has 1 aliphatic rings. The van der Waals surface area contributed by atoms with E-state index in [4.69, 9.17) is 4.42 Å². The quantitative estimate of drug-likeness (QED) is 0.730. The monoisotopic (exact) mass is 252 g/mol. The van der Waals surface area contributed by atoms with Crippen molar-refractivity contribution in [2.24, 2.45) is 11.8 Å². The summed E-state index contributed by atoms with van der Waals surface area (Å²) in [5, 5.41) is 14.5. The highest BCUT2D eigenvalue weighted by molar-refractivity contribution is 5.17. The van der Waals surface area contributed by atoms with Gasteiger partial charge in [0, 0.05) is 6.54 Å². The molecule has 0 amide bonds. The Labute approximate surface area is 109 Å². The summed E-state index contributed by atoms with van der Waals surface area (Å²) in [6, 6.07) is 0.558. The molecule has 2 unspecified atom stereocenters. The molecule has 2 rings (SSSR count). The van der Waals surface area contributed by atoms with Crippen LogP contribution < -0.4 is 10.6 Å². The van der Waals surface area contributed by atoms with Gasteiger partial charge in [-0.25, -0.2) is 0 Å². The molecule has 0 radical (unpaired) electrons. The third-order valence-electron chi connectivity index (χ3n) is 3.52. The van der Waals surface area contributed by atoms with Crippen LogP contribution in [0.25, 0.3) is 0 Å². The number of nitrogens with one attached hydrogen (secondary N) is 2. The predicted molar refractivity (Wildman–Crippen MR) is 71.3 cm³/mol. The first kappa shape index (κ1) is 13.3. The molecule has 18 heavy (non-hydrogen) atoms. The molecule has 1 aliphatic carbocycles. The minimum atomic E-state index is 0.558. The predicted octanol–water partition coefficient (Wildman–Crippen LogP) is 2.42. The fourth-order valence-corrected chi connectivity index (χ4v) is 2.51. The lowest BCUT2D eigenvalue weighted by Gasteiger charge is -2.08. The molecule has 0 saturated heterocycles. The van der Waals surface area contributed by atoms with Gasteiger partial charge in [-0.15, -0.1) is 5.10 Å². The number of anilines is 1. The van der Waals surface area contributed by atoms with Gasteiger partial charge in [0.05, 0.1) is 6.54 Å². The van der Waals surface area contributed by atoms with E-state index in [0.717, 1.165) is 31.3 Å². The molecule has 1 aromatic heterocycles. The van der Waals surface area contributed by atoms with Crippen molar-refractivity contribution in [1.29, 1.82) is 0 Å². The lowest BCUT2D eigenvalue weighted by molar-refractivity contribution is 0.469. The maximum atomic E-state index is 5.52. The number of hydrogen-bond donors (Lipinski definition) is 2. The fourth-order valence-electron chi connectivity index (χ4n) is 2.51. The highest BCUT2D eigenvalue weighted by Gasteiger charge is 2.21. The molecule has 1 aromatic rings. The van der Waals surface area contributed by atoms with Crippen LogP contribution in [0.5, 0.6) is 0 Å². The zero-order valence-corrected chi connectivity index (χ0v) is 11.4. The molecule has 0 spiro atoms. The van der Waals surface area contributed by atoms with Gasteiger partial charge in [0.15, 0.2) is 0 Å². The van der Waals surface area contributed by atoms with Crippen molar-refractivity contribution in [3.63, 3.8) is 0 Å². The van der Waals surface area contributed by atoms with Crippen molar-refractivity contribution in [1.82, 2.24) is 15.5 Å². The van der Waals surface area contributed by atoms with Crippen LogP contribution in [0.3, 0.4) is 0 Å². The number of aromatic nitrogens is 2. The largest absolute Gasteiger partial charge is 0.407 e. The highest BCUT2D eigenvalue weighted by Crippen LogP contribution is 2.30. The lowest BCUT2D eigenvalue weighted by Crippen LogP contribution is -2.14. The maximum Gasteiger partial charge on any atom is 0.315 e. The third kappa shape index (κ3) is 3.98. The Hall–Kier alpha value is -1.10. The topological polar surface area (TPSA) is 63.0 Å². The second-order valence-electron chi connectivity index (χ2n) is 5.34. The minimum Gasteiger partial charge on any atom is -0.407 e. The number of nitrogens with zero attached hydrogens (tertiary/aromatic N) is 2. The molecule has 5 heteroatoms. The van der Waals surface area contributed by atoms with Crippen molar-refractivity contribution in [3.05, 3.63) is 5.89 Å². The molecule has 0 aromatic carbocycles. The Morgan fingerprint density at radius 2 is 2.22 bits per heavy atom. The molecule has 0 aliphatic heterocycles. The first-order chi connectivity index (χ1) is 8.78. The number of rotatable bonds is 7. The summed E-state index contributed by atoms with van der Waals surface area (Å²) in [6.07, 6.45) is 5.08. The Balaban J connectivity index is 1.69. The molecule has 2 N–H and O–H groups in total. The van der Waals surface area contributed by atoms with Gasteiger partial charge in [0.1, 0.15) is 0 Å². The summed E-state index contributed by atoms with van der Waals surface area (Å²) in [5.41, 5.74) is 0. The zero-order chi connectivity index (χ0) is 12.8. The fraction of sp³-hybridized carbons (Fsp3) is 0.846. The van der Waals surface area contributed by atoms with E-state index < -0.39 is 0 Å². The van der Waals surface area contributed by atoms with Crippen LogP contribution >= 0.6 is 0 Å². The SMILES string of the molecule is CCCNCc1nnc(NCC2CCC(C)C2)o1. The van der Waals surface area contributed by atoms with Gasteiger partial charge >= 0.3 is 6.01 Å². The van der Waals surface area contributed by atoms with Crippen LogP contribution in [0.15, 0.2) is 4.42 Å². The van der Waals surface area contributed by atoms with Gasteiger partial charge in [-0.05, 0) is 37.6 Å². The second-order valence-corrected chi connectivity index (χ2v) is 5.34. The zero-order valence-electron chi connectivity index (χ0n) is 11.4. The standard InChI is InChI=1S/C13H24N4O/c1-3-6-14-9-12-16-17-13(18-12)15-8-11-5-4-10(2)7-11/h10-11,14H,3-9H2,1-2H3,(H,15,17). The highest BCUT2D eigenvalue weighted by atomic mass is 16.4. The molecular weight excluding hydrogens is 228 g/mol. The second kappa shape index (κ2) is 6.73. The summed E-state index contributed by atoms with van der Waals surface area (Å²) >= 11 is 0. The van der Waals surface area contributed by atoms with E-state index in [1.165, 1.54) is 19.3 Å². The van der Waals surface area contributed by atoms with Gasteiger partial charge in [-0.1, -0.05) is 25.4 Å². The third-order valence-corrected chi connectivity index (χ3v) is 3.52. The lowest BCUT2D eigenvalue weighted by atomic mass is 10.1. The summed E-state index contributed by atoms with van der Waals surface area (Å²) in [5.74, 6) is 2.28. The van der Waals surface area contributed by atoms with E-state index in [1.54, 1.807) is 0 Å². The molecular formula is C13H24N4O. The molecule has 2 atom stereocenters. The van der Waals surface area contributed by atoms with Crippen molar-refractivity contribution >= 4 is 6.01 Å². The van der Waals surface area contributed by atoms with Crippen LogP contribution in [-0.2, 0) is 6.54 Å².